The maximum absolute atomic E-state index is 12.6. The van der Waals surface area contributed by atoms with Gasteiger partial charge in [0.25, 0.3) is 5.91 Å². The molecule has 1 aliphatic heterocycles. The largest absolute Gasteiger partial charge is 0.508 e. The zero-order chi connectivity index (χ0) is 14.2. The highest BCUT2D eigenvalue weighted by Gasteiger charge is 2.31. The first-order chi connectivity index (χ1) is 8.90. The number of hydrogen-bond acceptors (Lipinski definition) is 3. The van der Waals surface area contributed by atoms with Crippen molar-refractivity contribution in [3.63, 3.8) is 0 Å². The number of benzene rings is 1. The summed E-state index contributed by atoms with van der Waals surface area (Å²) in [5.74, 6) is 0.157. The van der Waals surface area contributed by atoms with Crippen LogP contribution in [0.3, 0.4) is 0 Å². The predicted molar refractivity (Wildman–Crippen MR) is 75.4 cm³/mol. The van der Waals surface area contributed by atoms with Gasteiger partial charge in [0.05, 0.1) is 0 Å². The number of hydrogen-bond donors (Lipinski definition) is 1. The highest BCUT2D eigenvalue weighted by Crippen LogP contribution is 2.21. The second kappa shape index (κ2) is 5.21. The molecule has 1 saturated heterocycles. The lowest BCUT2D eigenvalue weighted by Gasteiger charge is -2.42. The molecule has 2 rings (SSSR count). The number of phenolic OH excluding ortho intramolecular Hbond substituents is 1. The lowest BCUT2D eigenvalue weighted by molar-refractivity contribution is 0.0396. The molecule has 0 aromatic heterocycles. The van der Waals surface area contributed by atoms with Gasteiger partial charge in [-0.1, -0.05) is 6.07 Å². The van der Waals surface area contributed by atoms with E-state index in [0.717, 1.165) is 18.7 Å². The molecule has 0 spiro atoms. The van der Waals surface area contributed by atoms with E-state index < -0.39 is 0 Å². The van der Waals surface area contributed by atoms with Gasteiger partial charge in [0.15, 0.2) is 0 Å². The fourth-order valence-electron chi connectivity index (χ4n) is 2.58. The number of phenols is 1. The number of nitrogens with zero attached hydrogens (tertiary/aromatic N) is 2. The minimum atomic E-state index is 0.0147. The molecule has 4 heteroatoms. The maximum Gasteiger partial charge on any atom is 0.254 e. The van der Waals surface area contributed by atoms with E-state index in [9.17, 15) is 9.90 Å². The van der Waals surface area contributed by atoms with Crippen LogP contribution in [0, 0.1) is 6.92 Å². The summed E-state index contributed by atoms with van der Waals surface area (Å²) < 4.78 is 0. The number of carbonyl (C=O) groups is 1. The van der Waals surface area contributed by atoms with E-state index in [1.807, 2.05) is 11.8 Å². The van der Waals surface area contributed by atoms with Crippen molar-refractivity contribution in [2.24, 2.45) is 0 Å². The molecule has 0 saturated carbocycles. The van der Waals surface area contributed by atoms with E-state index in [1.165, 1.54) is 0 Å². The van der Waals surface area contributed by atoms with Crippen molar-refractivity contribution in [2.75, 3.05) is 20.1 Å². The highest BCUT2D eigenvalue weighted by molar-refractivity contribution is 5.96. The molecule has 1 N–H and O–H groups in total. The summed E-state index contributed by atoms with van der Waals surface area (Å²) in [4.78, 5) is 16.8. The zero-order valence-corrected chi connectivity index (χ0v) is 12.1. The zero-order valence-electron chi connectivity index (χ0n) is 12.1. The van der Waals surface area contributed by atoms with Gasteiger partial charge in [0.1, 0.15) is 5.75 Å². The number of likely N-dealkylation sites (N-methyl/N-ethyl adjacent to an activating group) is 1. The molecule has 2 unspecified atom stereocenters. The molecule has 0 radical (unpaired) electrons. The van der Waals surface area contributed by atoms with Crippen molar-refractivity contribution in [1.29, 1.82) is 0 Å². The Bertz CT molecular complexity index is 487. The van der Waals surface area contributed by atoms with Crippen LogP contribution in [0.4, 0.5) is 0 Å². The number of rotatable bonds is 1. The minimum absolute atomic E-state index is 0.0147. The second-order valence-electron chi connectivity index (χ2n) is 5.59. The molecular weight excluding hydrogens is 240 g/mol. The molecule has 1 aromatic rings. The van der Waals surface area contributed by atoms with Crippen molar-refractivity contribution >= 4 is 5.91 Å². The topological polar surface area (TPSA) is 43.8 Å². The molecule has 2 atom stereocenters. The van der Waals surface area contributed by atoms with E-state index in [0.29, 0.717) is 11.6 Å². The molecule has 1 fully saturated rings. The van der Waals surface area contributed by atoms with E-state index in [-0.39, 0.29) is 17.7 Å². The first-order valence-electron chi connectivity index (χ1n) is 6.71. The first kappa shape index (κ1) is 13.9. The molecule has 1 aromatic carbocycles. The molecular formula is C15H22N2O2. The molecule has 1 amide bonds. The second-order valence-corrected chi connectivity index (χ2v) is 5.59. The lowest BCUT2D eigenvalue weighted by Crippen LogP contribution is -2.56. The van der Waals surface area contributed by atoms with Crippen LogP contribution in [0.15, 0.2) is 18.2 Å². The van der Waals surface area contributed by atoms with Crippen molar-refractivity contribution in [3.8, 4) is 5.75 Å². The monoisotopic (exact) mass is 262 g/mol. The Morgan fingerprint density at radius 2 is 1.95 bits per heavy atom. The van der Waals surface area contributed by atoms with Crippen molar-refractivity contribution in [1.82, 2.24) is 9.80 Å². The maximum atomic E-state index is 12.6. The Labute approximate surface area is 114 Å². The smallest absolute Gasteiger partial charge is 0.254 e. The number of amides is 1. The van der Waals surface area contributed by atoms with Crippen LogP contribution in [-0.4, -0.2) is 53.0 Å². The summed E-state index contributed by atoms with van der Waals surface area (Å²) in [5, 5.41) is 9.57. The van der Waals surface area contributed by atoms with Gasteiger partial charge < -0.3 is 10.0 Å². The van der Waals surface area contributed by atoms with Crippen LogP contribution in [0.1, 0.15) is 29.8 Å². The van der Waals surface area contributed by atoms with Gasteiger partial charge in [0, 0.05) is 30.7 Å². The SMILES string of the molecule is Cc1ccc(O)cc1C(=O)N1CC(C)N(C)CC1C. The third-order valence-electron chi connectivity index (χ3n) is 4.01. The van der Waals surface area contributed by atoms with Gasteiger partial charge in [-0.25, -0.2) is 0 Å². The minimum Gasteiger partial charge on any atom is -0.508 e. The number of carbonyl (C=O) groups excluding carboxylic acids is 1. The molecule has 0 bridgehead atoms. The summed E-state index contributed by atoms with van der Waals surface area (Å²) in [6.45, 7) is 7.70. The van der Waals surface area contributed by atoms with Crippen LogP contribution in [-0.2, 0) is 0 Å². The van der Waals surface area contributed by atoms with Gasteiger partial charge in [-0.05, 0) is 45.5 Å². The highest BCUT2D eigenvalue weighted by atomic mass is 16.3. The van der Waals surface area contributed by atoms with Crippen LogP contribution < -0.4 is 0 Å². The third kappa shape index (κ3) is 2.73. The Kier molecular flexibility index (Phi) is 3.80. The number of aromatic hydroxyl groups is 1. The van der Waals surface area contributed by atoms with E-state index >= 15 is 0 Å². The van der Waals surface area contributed by atoms with E-state index in [1.54, 1.807) is 18.2 Å². The number of piperazine rings is 1. The lowest BCUT2D eigenvalue weighted by atomic mass is 10.0. The molecule has 19 heavy (non-hydrogen) atoms. The van der Waals surface area contributed by atoms with E-state index in [2.05, 4.69) is 25.8 Å². The van der Waals surface area contributed by atoms with Crippen molar-refractivity contribution in [2.45, 2.75) is 32.9 Å². The number of aryl methyl sites for hydroxylation is 1. The average molecular weight is 262 g/mol. The standard InChI is InChI=1S/C15H22N2O2/c1-10-5-6-13(18)7-14(10)15(19)17-9-11(2)16(4)8-12(17)3/h5-7,11-12,18H,8-9H2,1-4H3. The van der Waals surface area contributed by atoms with Crippen LogP contribution in [0.5, 0.6) is 5.75 Å². The van der Waals surface area contributed by atoms with Gasteiger partial charge in [-0.2, -0.15) is 0 Å². The van der Waals surface area contributed by atoms with Crippen molar-refractivity contribution < 1.29 is 9.90 Å². The van der Waals surface area contributed by atoms with Gasteiger partial charge in [-0.3, -0.25) is 9.69 Å². The molecule has 104 valence electrons. The molecule has 4 nitrogen and oxygen atoms in total. The van der Waals surface area contributed by atoms with Crippen molar-refractivity contribution in [3.05, 3.63) is 29.3 Å². The Morgan fingerprint density at radius 3 is 2.63 bits per heavy atom. The summed E-state index contributed by atoms with van der Waals surface area (Å²) in [6, 6.07) is 5.51. The fraction of sp³-hybridized carbons (Fsp3) is 0.533. The molecule has 0 aliphatic carbocycles. The third-order valence-corrected chi connectivity index (χ3v) is 4.01. The van der Waals surface area contributed by atoms with E-state index in [4.69, 9.17) is 0 Å². The quantitative estimate of drug-likeness (QED) is 0.840. The van der Waals surface area contributed by atoms with Gasteiger partial charge in [-0.15, -0.1) is 0 Å². The summed E-state index contributed by atoms with van der Waals surface area (Å²) >= 11 is 0. The van der Waals surface area contributed by atoms with Crippen LogP contribution >= 0.6 is 0 Å². The molecule has 1 heterocycles. The van der Waals surface area contributed by atoms with Crippen LogP contribution in [0.2, 0.25) is 0 Å². The van der Waals surface area contributed by atoms with Gasteiger partial charge >= 0.3 is 0 Å². The molecule has 1 aliphatic rings. The average Bonchev–Trinajstić information content (AvgIpc) is 2.36. The summed E-state index contributed by atoms with van der Waals surface area (Å²) in [6.07, 6.45) is 0. The van der Waals surface area contributed by atoms with Crippen LogP contribution in [0.25, 0.3) is 0 Å². The normalized spacial score (nSPS) is 24.5. The Morgan fingerprint density at radius 1 is 1.26 bits per heavy atom. The predicted octanol–water partition coefficient (Wildman–Crippen LogP) is 1.87. The van der Waals surface area contributed by atoms with Gasteiger partial charge in [0.2, 0.25) is 0 Å². The Balaban J connectivity index is 2.26. The summed E-state index contributed by atoms with van der Waals surface area (Å²) in [5.41, 5.74) is 1.50. The Hall–Kier alpha value is -1.55. The summed E-state index contributed by atoms with van der Waals surface area (Å²) in [7, 11) is 2.09. The fourth-order valence-corrected chi connectivity index (χ4v) is 2.58. The first-order valence-corrected chi connectivity index (χ1v) is 6.71.